The van der Waals surface area contributed by atoms with Gasteiger partial charge in [-0.1, -0.05) is 18.5 Å². The SMILES string of the molecule is CCCN1C(=O)/C(=C/c2cc(I)c(O)c(OCC)c2)SC1=Nc1ccc(Cl)cc1. The van der Waals surface area contributed by atoms with E-state index >= 15 is 0 Å². The van der Waals surface area contributed by atoms with Crippen molar-refractivity contribution in [3.8, 4) is 11.5 Å². The number of aromatic hydroxyl groups is 1. The van der Waals surface area contributed by atoms with Crippen LogP contribution in [0.3, 0.4) is 0 Å². The number of nitrogens with zero attached hydrogens (tertiary/aromatic N) is 2. The minimum absolute atomic E-state index is 0.0781. The Balaban J connectivity index is 1.96. The van der Waals surface area contributed by atoms with Gasteiger partial charge < -0.3 is 9.84 Å². The number of rotatable bonds is 6. The van der Waals surface area contributed by atoms with Gasteiger partial charge in [0.1, 0.15) is 0 Å². The summed E-state index contributed by atoms with van der Waals surface area (Å²) < 4.78 is 6.16. The molecule has 0 unspecified atom stereocenters. The van der Waals surface area contributed by atoms with Gasteiger partial charge in [0.25, 0.3) is 5.91 Å². The van der Waals surface area contributed by atoms with E-state index in [0.29, 0.717) is 37.6 Å². The molecule has 1 amide bonds. The highest BCUT2D eigenvalue weighted by Crippen LogP contribution is 2.37. The van der Waals surface area contributed by atoms with Crippen LogP contribution in [0.1, 0.15) is 25.8 Å². The van der Waals surface area contributed by atoms with Gasteiger partial charge in [0.05, 0.1) is 20.8 Å². The average molecular weight is 543 g/mol. The lowest BCUT2D eigenvalue weighted by Gasteiger charge is -2.14. The fourth-order valence-corrected chi connectivity index (χ4v) is 4.51. The smallest absolute Gasteiger partial charge is 0.266 e. The van der Waals surface area contributed by atoms with E-state index in [2.05, 4.69) is 27.6 Å². The van der Waals surface area contributed by atoms with Gasteiger partial charge in [0, 0.05) is 11.6 Å². The molecule has 1 aliphatic rings. The number of amidine groups is 1. The normalized spacial score (nSPS) is 16.8. The van der Waals surface area contributed by atoms with E-state index in [1.54, 1.807) is 23.1 Å². The second kappa shape index (κ2) is 9.86. The molecule has 2 aromatic carbocycles. The standard InChI is InChI=1S/C21H20ClIN2O3S/c1-3-9-25-20(27)18(29-21(25)24-15-7-5-14(22)6-8-15)12-13-10-16(23)19(26)17(11-13)28-4-2/h5-8,10-12,26H,3-4,9H2,1-2H3/b18-12-,24-21?. The molecule has 0 spiro atoms. The lowest BCUT2D eigenvalue weighted by Crippen LogP contribution is -2.29. The summed E-state index contributed by atoms with van der Waals surface area (Å²) in [6, 6.07) is 10.7. The highest BCUT2D eigenvalue weighted by atomic mass is 127. The first-order valence-electron chi connectivity index (χ1n) is 9.14. The number of carbonyl (C=O) groups excluding carboxylic acids is 1. The maximum absolute atomic E-state index is 13.0. The largest absolute Gasteiger partial charge is 0.504 e. The molecule has 1 aliphatic heterocycles. The fraction of sp³-hybridized carbons (Fsp3) is 0.238. The van der Waals surface area contributed by atoms with Crippen LogP contribution < -0.4 is 4.74 Å². The lowest BCUT2D eigenvalue weighted by molar-refractivity contribution is -0.122. The van der Waals surface area contributed by atoms with E-state index in [-0.39, 0.29) is 11.7 Å². The number of carbonyl (C=O) groups is 1. The molecule has 8 heteroatoms. The number of thioether (sulfide) groups is 1. The topological polar surface area (TPSA) is 62.1 Å². The Kier molecular flexibility index (Phi) is 7.48. The van der Waals surface area contributed by atoms with Crippen LogP contribution in [0.4, 0.5) is 5.69 Å². The van der Waals surface area contributed by atoms with Crippen molar-refractivity contribution in [2.75, 3.05) is 13.2 Å². The van der Waals surface area contributed by atoms with Crippen LogP contribution in [-0.2, 0) is 4.79 Å². The van der Waals surface area contributed by atoms with Crippen LogP contribution in [0, 0.1) is 3.57 Å². The van der Waals surface area contributed by atoms with Crippen LogP contribution in [0.25, 0.3) is 6.08 Å². The molecule has 1 heterocycles. The number of ether oxygens (including phenoxy) is 1. The summed E-state index contributed by atoms with van der Waals surface area (Å²) in [7, 11) is 0. The first-order chi connectivity index (χ1) is 13.9. The Hall–Kier alpha value is -1.71. The quantitative estimate of drug-likeness (QED) is 0.356. The van der Waals surface area contributed by atoms with Crippen molar-refractivity contribution in [1.82, 2.24) is 4.90 Å². The van der Waals surface area contributed by atoms with Crippen LogP contribution >= 0.6 is 46.0 Å². The minimum atomic E-state index is -0.0781. The maximum atomic E-state index is 13.0. The summed E-state index contributed by atoms with van der Waals surface area (Å²) >= 11 is 9.34. The van der Waals surface area contributed by atoms with Crippen LogP contribution in [-0.4, -0.2) is 34.2 Å². The molecular formula is C21H20ClIN2O3S. The third kappa shape index (κ3) is 5.26. The van der Waals surface area contributed by atoms with Gasteiger partial charge in [-0.25, -0.2) is 4.99 Å². The van der Waals surface area contributed by atoms with Gasteiger partial charge >= 0.3 is 0 Å². The first-order valence-corrected chi connectivity index (χ1v) is 11.4. The number of hydrogen-bond acceptors (Lipinski definition) is 5. The van der Waals surface area contributed by atoms with E-state index in [4.69, 9.17) is 16.3 Å². The van der Waals surface area contributed by atoms with Crippen molar-refractivity contribution >= 4 is 68.8 Å². The molecule has 0 radical (unpaired) electrons. The summed E-state index contributed by atoms with van der Waals surface area (Å²) in [5, 5.41) is 11.4. The van der Waals surface area contributed by atoms with Crippen molar-refractivity contribution in [2.24, 2.45) is 4.99 Å². The third-order valence-corrected chi connectivity index (χ3v) is 6.12. The molecule has 29 heavy (non-hydrogen) atoms. The van der Waals surface area contributed by atoms with Crippen LogP contribution in [0.2, 0.25) is 5.02 Å². The van der Waals surface area contributed by atoms with Crippen LogP contribution in [0.5, 0.6) is 11.5 Å². The Bertz CT molecular complexity index is 977. The molecule has 2 aromatic rings. The summed E-state index contributed by atoms with van der Waals surface area (Å²) in [4.78, 5) is 19.9. The van der Waals surface area contributed by atoms with Crippen molar-refractivity contribution in [2.45, 2.75) is 20.3 Å². The highest BCUT2D eigenvalue weighted by Gasteiger charge is 2.32. The molecule has 0 saturated carbocycles. The number of benzene rings is 2. The monoisotopic (exact) mass is 542 g/mol. The van der Waals surface area contributed by atoms with Gasteiger partial charge in [-0.2, -0.15) is 0 Å². The van der Waals surface area contributed by atoms with Crippen molar-refractivity contribution in [3.63, 3.8) is 0 Å². The van der Waals surface area contributed by atoms with E-state index in [0.717, 1.165) is 17.7 Å². The molecule has 0 aromatic heterocycles. The molecule has 1 N–H and O–H groups in total. The Labute approximate surface area is 192 Å². The summed E-state index contributed by atoms with van der Waals surface area (Å²) in [5.41, 5.74) is 1.53. The predicted octanol–water partition coefficient (Wildman–Crippen LogP) is 6.06. The number of halogens is 2. The molecule has 0 bridgehead atoms. The van der Waals surface area contributed by atoms with E-state index < -0.39 is 0 Å². The van der Waals surface area contributed by atoms with Gasteiger partial charge in [-0.3, -0.25) is 9.69 Å². The predicted molar refractivity (Wildman–Crippen MR) is 128 cm³/mol. The summed E-state index contributed by atoms with van der Waals surface area (Å²) in [6.45, 7) is 4.92. The second-order valence-corrected chi connectivity index (χ2v) is 8.83. The lowest BCUT2D eigenvalue weighted by atomic mass is 10.2. The Morgan fingerprint density at radius 2 is 2.00 bits per heavy atom. The third-order valence-electron chi connectivity index (χ3n) is 4.04. The van der Waals surface area contributed by atoms with E-state index in [9.17, 15) is 9.90 Å². The number of hydrogen-bond donors (Lipinski definition) is 1. The fourth-order valence-electron chi connectivity index (χ4n) is 2.73. The van der Waals surface area contributed by atoms with Crippen molar-refractivity contribution < 1.29 is 14.6 Å². The van der Waals surface area contributed by atoms with Gasteiger partial charge in [0.15, 0.2) is 16.7 Å². The molecule has 3 rings (SSSR count). The number of phenolic OH excluding ortho intramolecular Hbond substituents is 1. The van der Waals surface area contributed by atoms with Crippen molar-refractivity contribution in [3.05, 3.63) is 55.5 Å². The molecule has 0 atom stereocenters. The van der Waals surface area contributed by atoms with Gasteiger partial charge in [0.2, 0.25) is 0 Å². The average Bonchev–Trinajstić information content (AvgIpc) is 2.97. The number of phenols is 1. The highest BCUT2D eigenvalue weighted by molar-refractivity contribution is 14.1. The molecule has 5 nitrogen and oxygen atoms in total. The van der Waals surface area contributed by atoms with Gasteiger partial charge in [-0.15, -0.1) is 0 Å². The van der Waals surface area contributed by atoms with Crippen LogP contribution in [0.15, 0.2) is 46.3 Å². The molecule has 1 saturated heterocycles. The van der Waals surface area contributed by atoms with Crippen molar-refractivity contribution in [1.29, 1.82) is 0 Å². The molecule has 0 aliphatic carbocycles. The number of amides is 1. The Morgan fingerprint density at radius 1 is 1.28 bits per heavy atom. The number of aliphatic imine (C=N–C) groups is 1. The zero-order valence-electron chi connectivity index (χ0n) is 16.0. The zero-order chi connectivity index (χ0) is 21.0. The Morgan fingerprint density at radius 3 is 2.66 bits per heavy atom. The minimum Gasteiger partial charge on any atom is -0.504 e. The maximum Gasteiger partial charge on any atom is 0.266 e. The van der Waals surface area contributed by atoms with E-state index in [1.165, 1.54) is 11.8 Å². The molecule has 152 valence electrons. The van der Waals surface area contributed by atoms with E-state index in [1.807, 2.05) is 38.1 Å². The molecule has 1 fully saturated rings. The first kappa shape index (κ1) is 22.0. The van der Waals surface area contributed by atoms with Gasteiger partial charge in [-0.05, 0) is 95.7 Å². The summed E-state index contributed by atoms with van der Waals surface area (Å²) in [6.07, 6.45) is 2.63. The second-order valence-electron chi connectivity index (χ2n) is 6.22. The molecular weight excluding hydrogens is 523 g/mol. The summed E-state index contributed by atoms with van der Waals surface area (Å²) in [5.74, 6) is 0.436. The zero-order valence-corrected chi connectivity index (χ0v) is 19.7.